The van der Waals surface area contributed by atoms with E-state index in [9.17, 15) is 26.7 Å². The second-order valence-corrected chi connectivity index (χ2v) is 14.4. The van der Waals surface area contributed by atoms with Gasteiger partial charge in [0.05, 0.1) is 11.3 Å². The number of nitrogens with zero attached hydrogens (tertiary/aromatic N) is 2. The fourth-order valence-electron chi connectivity index (χ4n) is 6.07. The van der Waals surface area contributed by atoms with Gasteiger partial charge in [-0.25, -0.2) is 13.1 Å². The highest BCUT2D eigenvalue weighted by molar-refractivity contribution is 8.05. The van der Waals surface area contributed by atoms with E-state index in [1.807, 2.05) is 30.3 Å². The van der Waals surface area contributed by atoms with Crippen molar-refractivity contribution in [3.63, 3.8) is 0 Å². The van der Waals surface area contributed by atoms with Gasteiger partial charge in [0.1, 0.15) is 16.2 Å². The highest BCUT2D eigenvalue weighted by Gasteiger charge is 2.55. The van der Waals surface area contributed by atoms with Crippen molar-refractivity contribution in [3.05, 3.63) is 69.3 Å². The quantitative estimate of drug-likeness (QED) is 0.442. The summed E-state index contributed by atoms with van der Waals surface area (Å²) in [6.45, 7) is 0.254. The molecule has 1 aromatic carbocycles. The Hall–Kier alpha value is -2.61. The Morgan fingerprint density at radius 2 is 1.95 bits per heavy atom. The third-order valence-electron chi connectivity index (χ3n) is 7.59. The number of amidine groups is 1. The number of thioether (sulfide) groups is 1. The van der Waals surface area contributed by atoms with Crippen LogP contribution in [-0.4, -0.2) is 63.2 Å². The number of amides is 1. The van der Waals surface area contributed by atoms with Crippen LogP contribution in [-0.2, 0) is 31.4 Å². The molecule has 1 amide bonds. The van der Waals surface area contributed by atoms with Gasteiger partial charge in [0.2, 0.25) is 10.0 Å². The van der Waals surface area contributed by atoms with Gasteiger partial charge in [-0.05, 0) is 23.8 Å². The van der Waals surface area contributed by atoms with Crippen molar-refractivity contribution in [3.8, 4) is 0 Å². The number of carbonyl (C=O) groups excluding carboxylic acids is 1. The van der Waals surface area contributed by atoms with E-state index in [4.69, 9.17) is 0 Å². The Labute approximate surface area is 219 Å². The number of allylic oxidation sites excluding steroid dienone is 1. The van der Waals surface area contributed by atoms with E-state index in [1.54, 1.807) is 4.90 Å². The summed E-state index contributed by atoms with van der Waals surface area (Å²) in [5, 5.41) is 14.7. The molecule has 5 unspecified atom stereocenters. The van der Waals surface area contributed by atoms with Crippen molar-refractivity contribution in [2.24, 2.45) is 28.1 Å². The Balaban J connectivity index is 1.37. The molecule has 10 nitrogen and oxygen atoms in total. The lowest BCUT2D eigenvalue weighted by molar-refractivity contribution is -0.133. The molecule has 13 heteroatoms. The molecule has 3 N–H and O–H groups in total. The SMILES string of the molecule is CS(=O)(=O)NCC1CSC2=C1S(=O)(=O)N=C(C1=C(O)C3C4C=CC(C4)C3N(Cc3ccccc3)C1=O)N2. The van der Waals surface area contributed by atoms with Gasteiger partial charge in [-0.3, -0.25) is 4.79 Å². The number of aliphatic hydroxyl groups is 1. The first-order chi connectivity index (χ1) is 17.5. The molecular formula is C24H26N4O6S3. The molecular weight excluding hydrogens is 536 g/mol. The Kier molecular flexibility index (Phi) is 5.82. The fraction of sp³-hybridized carbons (Fsp3) is 0.417. The third-order valence-corrected chi connectivity index (χ3v) is 11.1. The van der Waals surface area contributed by atoms with Crippen LogP contribution in [0.3, 0.4) is 0 Å². The molecule has 0 aromatic heterocycles. The first-order valence-corrected chi connectivity index (χ1v) is 16.3. The lowest BCUT2D eigenvalue weighted by atomic mass is 9.80. The molecule has 2 aliphatic carbocycles. The van der Waals surface area contributed by atoms with Crippen LogP contribution < -0.4 is 10.0 Å². The minimum absolute atomic E-state index is 0.00243. The number of hydrogen-bond donors (Lipinski definition) is 3. The normalized spacial score (nSPS) is 31.9. The highest BCUT2D eigenvalue weighted by Crippen LogP contribution is 2.52. The molecule has 0 saturated heterocycles. The molecule has 0 radical (unpaired) electrons. The molecule has 37 heavy (non-hydrogen) atoms. The predicted octanol–water partition coefficient (Wildman–Crippen LogP) is 1.44. The highest BCUT2D eigenvalue weighted by atomic mass is 32.2. The molecule has 1 fully saturated rings. The zero-order chi connectivity index (χ0) is 26.1. The van der Waals surface area contributed by atoms with Gasteiger partial charge in [0, 0.05) is 36.7 Å². The van der Waals surface area contributed by atoms with E-state index in [1.165, 1.54) is 11.8 Å². The van der Waals surface area contributed by atoms with Crippen molar-refractivity contribution < 1.29 is 26.7 Å². The van der Waals surface area contributed by atoms with Crippen molar-refractivity contribution in [2.45, 2.75) is 19.0 Å². The van der Waals surface area contributed by atoms with Gasteiger partial charge in [0.15, 0.2) is 5.84 Å². The molecule has 3 heterocycles. The van der Waals surface area contributed by atoms with E-state index in [0.717, 1.165) is 18.2 Å². The number of sulfonamides is 2. The maximum atomic E-state index is 13.9. The Morgan fingerprint density at radius 1 is 1.22 bits per heavy atom. The first-order valence-electron chi connectivity index (χ1n) is 11.9. The maximum absolute atomic E-state index is 13.9. The summed E-state index contributed by atoms with van der Waals surface area (Å²) in [6.07, 6.45) is 6.00. The first kappa shape index (κ1) is 24.7. The fourth-order valence-corrected chi connectivity index (χ4v) is 9.65. The molecule has 3 aliphatic heterocycles. The van der Waals surface area contributed by atoms with Gasteiger partial charge in [-0.1, -0.05) is 42.5 Å². The average molecular weight is 563 g/mol. The van der Waals surface area contributed by atoms with E-state index in [2.05, 4.69) is 26.6 Å². The predicted molar refractivity (Wildman–Crippen MR) is 140 cm³/mol. The van der Waals surface area contributed by atoms with Crippen LogP contribution in [0.15, 0.2) is 68.1 Å². The molecule has 2 bridgehead atoms. The molecule has 1 aromatic rings. The summed E-state index contributed by atoms with van der Waals surface area (Å²) in [5.74, 6) is -1.20. The number of nitrogens with one attached hydrogen (secondary N) is 2. The lowest BCUT2D eigenvalue weighted by Gasteiger charge is -2.42. The van der Waals surface area contributed by atoms with Crippen molar-refractivity contribution in [1.82, 2.24) is 14.9 Å². The van der Waals surface area contributed by atoms with E-state index in [0.29, 0.717) is 17.3 Å². The monoisotopic (exact) mass is 562 g/mol. The zero-order valence-electron chi connectivity index (χ0n) is 19.9. The minimum atomic E-state index is -4.21. The second kappa shape index (κ2) is 8.72. The van der Waals surface area contributed by atoms with E-state index in [-0.39, 0.29) is 52.4 Å². The number of benzene rings is 1. The van der Waals surface area contributed by atoms with Crippen LogP contribution in [0.5, 0.6) is 0 Å². The van der Waals surface area contributed by atoms with Crippen LogP contribution in [0.25, 0.3) is 0 Å². The summed E-state index contributed by atoms with van der Waals surface area (Å²) in [5.41, 5.74) is 0.817. The van der Waals surface area contributed by atoms with Crippen LogP contribution in [0.1, 0.15) is 12.0 Å². The second-order valence-electron chi connectivity index (χ2n) is 10.0. The maximum Gasteiger partial charge on any atom is 0.283 e. The van der Waals surface area contributed by atoms with Crippen LogP contribution >= 0.6 is 11.8 Å². The standard InChI is InChI=1S/C24H26N4O6S3/c1-36(31,32)25-10-16-12-35-23-21(16)37(33,34)27-22(26-23)18-20(29)17-14-7-8-15(9-14)19(17)28(24(18)30)11-13-5-3-2-4-6-13/h2-8,14-17,19,25,29H,9-12H2,1H3,(H,26,27). The van der Waals surface area contributed by atoms with E-state index < -0.39 is 31.9 Å². The van der Waals surface area contributed by atoms with Crippen LogP contribution in [0, 0.1) is 23.7 Å². The molecule has 6 rings (SSSR count). The van der Waals surface area contributed by atoms with E-state index >= 15 is 0 Å². The van der Waals surface area contributed by atoms with Crippen molar-refractivity contribution >= 4 is 43.6 Å². The summed E-state index contributed by atoms with van der Waals surface area (Å²) in [6, 6.07) is 9.35. The smallest absolute Gasteiger partial charge is 0.283 e. The molecule has 5 atom stereocenters. The molecule has 1 saturated carbocycles. The summed E-state index contributed by atoms with van der Waals surface area (Å²) >= 11 is 1.23. The van der Waals surface area contributed by atoms with Crippen LogP contribution in [0.4, 0.5) is 0 Å². The molecule has 0 spiro atoms. The summed E-state index contributed by atoms with van der Waals surface area (Å²) < 4.78 is 55.9. The van der Waals surface area contributed by atoms with Crippen molar-refractivity contribution in [1.29, 1.82) is 0 Å². The number of fused-ring (bicyclic) bond motifs is 5. The van der Waals surface area contributed by atoms with Gasteiger partial charge >= 0.3 is 0 Å². The summed E-state index contributed by atoms with van der Waals surface area (Å²) in [4.78, 5) is 15.7. The minimum Gasteiger partial charge on any atom is -0.511 e. The zero-order valence-corrected chi connectivity index (χ0v) is 22.3. The van der Waals surface area contributed by atoms with Crippen LogP contribution in [0.2, 0.25) is 0 Å². The van der Waals surface area contributed by atoms with Gasteiger partial charge in [0.25, 0.3) is 15.9 Å². The van der Waals surface area contributed by atoms with Gasteiger partial charge < -0.3 is 15.3 Å². The molecule has 196 valence electrons. The topological polar surface area (TPSA) is 145 Å². The largest absolute Gasteiger partial charge is 0.511 e. The van der Waals surface area contributed by atoms with Crippen molar-refractivity contribution in [2.75, 3.05) is 18.6 Å². The Morgan fingerprint density at radius 3 is 2.68 bits per heavy atom. The van der Waals surface area contributed by atoms with Gasteiger partial charge in [-0.2, -0.15) is 8.42 Å². The van der Waals surface area contributed by atoms with Gasteiger partial charge in [-0.15, -0.1) is 16.2 Å². The number of carbonyl (C=O) groups is 1. The Bertz CT molecular complexity index is 1510. The lowest BCUT2D eigenvalue weighted by Crippen LogP contribution is -2.53. The third kappa shape index (κ3) is 4.21. The molecule has 5 aliphatic rings. The number of aliphatic hydroxyl groups excluding tert-OH is 1. The number of rotatable bonds is 6. The summed E-state index contributed by atoms with van der Waals surface area (Å²) in [7, 11) is -7.71. The average Bonchev–Trinajstić information content (AvgIpc) is 3.55. The number of hydrogen-bond acceptors (Lipinski definition) is 8.